The van der Waals surface area contributed by atoms with E-state index in [0.29, 0.717) is 11.1 Å². The Bertz CT molecular complexity index is 719. The second-order valence-corrected chi connectivity index (χ2v) is 11.8. The van der Waals surface area contributed by atoms with E-state index in [1.54, 1.807) is 11.1 Å². The quantitative estimate of drug-likeness (QED) is 0.765. The molecule has 23 heavy (non-hydrogen) atoms. The van der Waals surface area contributed by atoms with Crippen LogP contribution in [0.15, 0.2) is 60.7 Å². The maximum Gasteiger partial charge on any atom is 1.00 e. The molecule has 0 heterocycles. The van der Waals surface area contributed by atoms with Crippen molar-refractivity contribution in [3.05, 3.63) is 82.9 Å². The van der Waals surface area contributed by atoms with E-state index in [0.717, 1.165) is 0 Å². The van der Waals surface area contributed by atoms with Gasteiger partial charge in [0.15, 0.2) is 0 Å². The minimum Gasteiger partial charge on any atom is -1.00 e. The van der Waals surface area contributed by atoms with E-state index in [9.17, 15) is 0 Å². The average Bonchev–Trinajstić information content (AvgIpc) is 3.19. The molecule has 2 aliphatic rings. The molecule has 2 aromatic rings. The Balaban J connectivity index is 0.00000104. The summed E-state index contributed by atoms with van der Waals surface area (Å²) in [6, 6.07) is 19.2. The first-order valence-electron chi connectivity index (χ1n) is 8.28. The summed E-state index contributed by atoms with van der Waals surface area (Å²) in [6.45, 7) is 5.00. The zero-order valence-corrected chi connectivity index (χ0v) is 15.3. The van der Waals surface area contributed by atoms with E-state index in [2.05, 4.69) is 86.3 Å². The number of benzene rings is 2. The molecule has 0 aliphatic heterocycles. The van der Waals surface area contributed by atoms with Crippen LogP contribution < -0.4 is 18.9 Å². The molecule has 2 heteroatoms. The molecule has 2 unspecified atom stereocenters. The van der Waals surface area contributed by atoms with Crippen molar-refractivity contribution in [3.8, 4) is 0 Å². The molecule has 0 radical (unpaired) electrons. The van der Waals surface area contributed by atoms with Gasteiger partial charge in [-0.05, 0) is 33.3 Å². The summed E-state index contributed by atoms with van der Waals surface area (Å²) in [4.78, 5) is 0. The van der Waals surface area contributed by atoms with Crippen molar-refractivity contribution in [1.82, 2.24) is 0 Å². The molecule has 0 saturated carbocycles. The van der Waals surface area contributed by atoms with Crippen LogP contribution in [0, 0.1) is 0 Å². The van der Waals surface area contributed by atoms with Crippen LogP contribution in [0.3, 0.4) is 0 Å². The minimum atomic E-state index is -1.53. The average molecular weight is 310 g/mol. The molecule has 0 bridgehead atoms. The number of allylic oxidation sites excluding steroid dienone is 2. The van der Waals surface area contributed by atoms with E-state index in [4.69, 9.17) is 0 Å². The van der Waals surface area contributed by atoms with Crippen molar-refractivity contribution in [3.63, 3.8) is 0 Å². The van der Waals surface area contributed by atoms with Crippen LogP contribution in [0.5, 0.6) is 0 Å². The Hall–Kier alpha value is -1.27. The molecule has 0 spiro atoms. The predicted octanol–water partition coefficient (Wildman–Crippen LogP) is 2.90. The molecule has 0 saturated heterocycles. The van der Waals surface area contributed by atoms with Crippen LogP contribution >= 0.6 is 0 Å². The Labute approximate surface area is 154 Å². The van der Waals surface area contributed by atoms with E-state index < -0.39 is 8.07 Å². The fourth-order valence-electron chi connectivity index (χ4n) is 4.28. The Morgan fingerprint density at radius 2 is 1.26 bits per heavy atom. The SMILES string of the molecule is CC[Si](C)(C1C=Cc2ccccc21)C1C=Cc2ccccc21.[H-].[Li+]. The summed E-state index contributed by atoms with van der Waals surface area (Å²) < 4.78 is 0. The molecule has 2 aliphatic carbocycles. The normalized spacial score (nSPS) is 23.0. The standard InChI is InChI=1S/C21H22Si.Li.H/c1-3-22(2,20-14-12-16-8-4-6-10-18(16)20)21-15-13-17-9-5-7-11-19(17)21;;/h4-15,20-21H,3H2,1-2H3;;/q;+1;-1. The number of hydrogen-bond donors (Lipinski definition) is 0. The largest absolute Gasteiger partial charge is 1.00 e. The number of fused-ring (bicyclic) bond motifs is 2. The minimum absolute atomic E-state index is 0. The molecule has 0 fully saturated rings. The summed E-state index contributed by atoms with van der Waals surface area (Å²) in [7, 11) is -1.53. The Morgan fingerprint density at radius 1 is 0.826 bits per heavy atom. The van der Waals surface area contributed by atoms with Crippen molar-refractivity contribution >= 4 is 20.2 Å². The van der Waals surface area contributed by atoms with Gasteiger partial charge in [-0.1, -0.05) is 92.3 Å². The van der Waals surface area contributed by atoms with Gasteiger partial charge in [0, 0.05) is 0 Å². The van der Waals surface area contributed by atoms with Crippen LogP contribution in [-0.4, -0.2) is 8.07 Å². The van der Waals surface area contributed by atoms with Gasteiger partial charge in [0.2, 0.25) is 0 Å². The first-order valence-corrected chi connectivity index (χ1v) is 11.1. The molecular formula is C21H23LiSi. The number of rotatable bonds is 3. The maximum atomic E-state index is 2.60. The Morgan fingerprint density at radius 3 is 1.70 bits per heavy atom. The van der Waals surface area contributed by atoms with E-state index in [-0.39, 0.29) is 20.3 Å². The fraction of sp³-hybridized carbons (Fsp3) is 0.238. The molecule has 2 aromatic carbocycles. The van der Waals surface area contributed by atoms with Gasteiger partial charge in [0.05, 0.1) is 8.07 Å². The fourth-order valence-corrected chi connectivity index (χ4v) is 8.57. The summed E-state index contributed by atoms with van der Waals surface area (Å²) in [5, 5.41) is 0. The van der Waals surface area contributed by atoms with Gasteiger partial charge < -0.3 is 1.43 Å². The zero-order chi connectivity index (χ0) is 15.2. The molecule has 4 rings (SSSR count). The van der Waals surface area contributed by atoms with Crippen LogP contribution in [0.1, 0.15) is 41.7 Å². The van der Waals surface area contributed by atoms with Crippen molar-refractivity contribution in [2.75, 3.05) is 0 Å². The summed E-state index contributed by atoms with van der Waals surface area (Å²) >= 11 is 0. The van der Waals surface area contributed by atoms with Gasteiger partial charge in [-0.25, -0.2) is 0 Å². The topological polar surface area (TPSA) is 0 Å². The molecule has 2 atom stereocenters. The predicted molar refractivity (Wildman–Crippen MR) is 99.6 cm³/mol. The molecular weight excluding hydrogens is 287 g/mol. The first kappa shape index (κ1) is 16.6. The monoisotopic (exact) mass is 310 g/mol. The second kappa shape index (κ2) is 6.32. The van der Waals surface area contributed by atoms with Crippen LogP contribution in [-0.2, 0) is 0 Å². The first-order chi connectivity index (χ1) is 10.7. The van der Waals surface area contributed by atoms with Gasteiger partial charge in [-0.3, -0.25) is 0 Å². The summed E-state index contributed by atoms with van der Waals surface area (Å²) in [6.07, 6.45) is 9.64. The van der Waals surface area contributed by atoms with Gasteiger partial charge in [-0.15, -0.1) is 0 Å². The molecule has 0 aromatic heterocycles. The van der Waals surface area contributed by atoms with E-state index in [1.165, 1.54) is 17.2 Å². The third-order valence-electron chi connectivity index (χ3n) is 5.78. The smallest absolute Gasteiger partial charge is 1.00 e. The van der Waals surface area contributed by atoms with E-state index >= 15 is 0 Å². The van der Waals surface area contributed by atoms with Gasteiger partial charge in [0.25, 0.3) is 0 Å². The second-order valence-electron chi connectivity index (χ2n) is 6.79. The van der Waals surface area contributed by atoms with Crippen molar-refractivity contribution in [1.29, 1.82) is 0 Å². The summed E-state index contributed by atoms with van der Waals surface area (Å²) in [5.41, 5.74) is 7.22. The zero-order valence-electron chi connectivity index (χ0n) is 15.3. The number of hydrogen-bond acceptors (Lipinski definition) is 0. The Kier molecular flexibility index (Phi) is 4.56. The van der Waals surface area contributed by atoms with Gasteiger partial charge in [-0.2, -0.15) is 0 Å². The summed E-state index contributed by atoms with van der Waals surface area (Å²) in [5.74, 6) is 0. The maximum absolute atomic E-state index is 2.60. The van der Waals surface area contributed by atoms with Gasteiger partial charge >= 0.3 is 18.9 Å². The molecule has 0 N–H and O–H groups in total. The molecule has 112 valence electrons. The van der Waals surface area contributed by atoms with Crippen LogP contribution in [0.25, 0.3) is 12.2 Å². The molecule has 0 amide bonds. The van der Waals surface area contributed by atoms with Crippen LogP contribution in [0.2, 0.25) is 12.6 Å². The third-order valence-corrected chi connectivity index (χ3v) is 11.2. The third kappa shape index (κ3) is 2.52. The molecule has 0 nitrogen and oxygen atoms in total. The van der Waals surface area contributed by atoms with Gasteiger partial charge in [0.1, 0.15) is 0 Å². The van der Waals surface area contributed by atoms with Crippen molar-refractivity contribution in [2.24, 2.45) is 0 Å². The van der Waals surface area contributed by atoms with Crippen molar-refractivity contribution < 1.29 is 20.3 Å². The van der Waals surface area contributed by atoms with Crippen molar-refractivity contribution in [2.45, 2.75) is 30.6 Å². The van der Waals surface area contributed by atoms with Crippen LogP contribution in [0.4, 0.5) is 0 Å². The van der Waals surface area contributed by atoms with E-state index in [1.807, 2.05) is 0 Å².